The Bertz CT molecular complexity index is 1510. The Kier molecular flexibility index (Phi) is 9.53. The lowest BCUT2D eigenvalue weighted by molar-refractivity contribution is -0.137. The number of hydrogen-bond acceptors (Lipinski definition) is 7. The van der Waals surface area contributed by atoms with Crippen LogP contribution in [0.1, 0.15) is 22.8 Å². The van der Waals surface area contributed by atoms with Gasteiger partial charge in [-0.2, -0.15) is 13.2 Å². The molecular weight excluding hydrogens is 577 g/mol. The van der Waals surface area contributed by atoms with E-state index in [1.165, 1.54) is 44.6 Å². The largest absolute Gasteiger partial charge is 0.493 e. The molecule has 0 aliphatic carbocycles. The molecule has 0 radical (unpaired) electrons. The summed E-state index contributed by atoms with van der Waals surface area (Å²) in [6, 6.07) is 11.1. The van der Waals surface area contributed by atoms with E-state index in [1.54, 1.807) is 6.92 Å². The molecule has 0 saturated carbocycles. The molecule has 1 N–H and O–H groups in total. The molecule has 0 heterocycles. The molecule has 0 fully saturated rings. The van der Waals surface area contributed by atoms with Gasteiger partial charge in [0.05, 0.1) is 47.6 Å². The second-order valence-corrected chi connectivity index (χ2v) is 10.3. The van der Waals surface area contributed by atoms with E-state index in [-0.39, 0.29) is 39.3 Å². The molecule has 3 rings (SSSR count). The van der Waals surface area contributed by atoms with Gasteiger partial charge in [0.1, 0.15) is 6.54 Å². The first-order chi connectivity index (χ1) is 18.8. The van der Waals surface area contributed by atoms with E-state index in [9.17, 15) is 31.2 Å². The van der Waals surface area contributed by atoms with Crippen molar-refractivity contribution in [3.8, 4) is 11.5 Å². The topological polar surface area (TPSA) is 111 Å². The summed E-state index contributed by atoms with van der Waals surface area (Å²) in [5.74, 6) is -1.31. The van der Waals surface area contributed by atoms with Crippen LogP contribution >= 0.6 is 11.6 Å². The molecule has 1 amide bonds. The van der Waals surface area contributed by atoms with Crippen molar-refractivity contribution in [2.75, 3.05) is 37.0 Å². The first-order valence-electron chi connectivity index (χ1n) is 11.5. The first-order valence-corrected chi connectivity index (χ1v) is 13.3. The minimum absolute atomic E-state index is 0.0380. The molecule has 0 saturated heterocycles. The van der Waals surface area contributed by atoms with Crippen LogP contribution in [0.3, 0.4) is 0 Å². The SMILES string of the molecule is CCOC(=O)c1ccc(NC(=O)CN(c2cccc(C(F)(F)F)c2)S(=O)(=O)c2ccc(OC)c(OC)c2)cc1Cl. The zero-order valence-electron chi connectivity index (χ0n) is 21.4. The number of hydrogen-bond donors (Lipinski definition) is 1. The third-order valence-electron chi connectivity index (χ3n) is 5.44. The van der Waals surface area contributed by atoms with Crippen LogP contribution in [0.4, 0.5) is 24.5 Å². The van der Waals surface area contributed by atoms with Crippen molar-refractivity contribution < 1.29 is 45.4 Å². The highest BCUT2D eigenvalue weighted by atomic mass is 35.5. The number of halogens is 4. The maximum atomic E-state index is 13.7. The quantitative estimate of drug-likeness (QED) is 0.311. The van der Waals surface area contributed by atoms with Crippen molar-refractivity contribution in [2.24, 2.45) is 0 Å². The molecule has 9 nitrogen and oxygen atoms in total. The van der Waals surface area contributed by atoms with Crippen LogP contribution in [-0.2, 0) is 25.7 Å². The average molecular weight is 601 g/mol. The van der Waals surface area contributed by atoms with E-state index in [1.807, 2.05) is 0 Å². The lowest BCUT2D eigenvalue weighted by Gasteiger charge is -2.25. The lowest BCUT2D eigenvalue weighted by atomic mass is 10.2. The summed E-state index contributed by atoms with van der Waals surface area (Å²) in [6.45, 7) is 0.829. The van der Waals surface area contributed by atoms with E-state index >= 15 is 0 Å². The predicted octanol–water partition coefficient (Wildman–Crippen LogP) is 5.39. The monoisotopic (exact) mass is 600 g/mol. The Labute approximate surface area is 233 Å². The molecule has 40 heavy (non-hydrogen) atoms. The van der Waals surface area contributed by atoms with E-state index in [0.29, 0.717) is 10.4 Å². The normalized spacial score (nSPS) is 11.5. The zero-order valence-corrected chi connectivity index (χ0v) is 23.0. The number of sulfonamides is 1. The molecule has 0 aliphatic rings. The maximum absolute atomic E-state index is 13.7. The maximum Gasteiger partial charge on any atom is 0.416 e. The molecular formula is C26H24ClF3N2O7S. The van der Waals surface area contributed by atoms with Crippen molar-refractivity contribution in [1.82, 2.24) is 0 Å². The van der Waals surface area contributed by atoms with Gasteiger partial charge in [0.15, 0.2) is 11.5 Å². The van der Waals surface area contributed by atoms with Crippen molar-refractivity contribution in [3.63, 3.8) is 0 Å². The summed E-state index contributed by atoms with van der Waals surface area (Å²) in [7, 11) is -1.98. The van der Waals surface area contributed by atoms with Crippen LogP contribution in [0, 0.1) is 0 Å². The van der Waals surface area contributed by atoms with Gasteiger partial charge < -0.3 is 19.5 Å². The highest BCUT2D eigenvalue weighted by molar-refractivity contribution is 7.92. The highest BCUT2D eigenvalue weighted by Gasteiger charge is 2.33. The van der Waals surface area contributed by atoms with Crippen LogP contribution in [-0.4, -0.2) is 47.7 Å². The predicted molar refractivity (Wildman–Crippen MR) is 142 cm³/mol. The number of rotatable bonds is 10. The minimum Gasteiger partial charge on any atom is -0.493 e. The van der Waals surface area contributed by atoms with Gasteiger partial charge in [-0.3, -0.25) is 9.10 Å². The minimum atomic E-state index is -4.77. The number of esters is 1. The van der Waals surface area contributed by atoms with E-state index in [4.69, 9.17) is 25.8 Å². The van der Waals surface area contributed by atoms with Crippen LogP contribution in [0.25, 0.3) is 0 Å². The van der Waals surface area contributed by atoms with Gasteiger partial charge in [0, 0.05) is 11.8 Å². The van der Waals surface area contributed by atoms with Crippen molar-refractivity contribution in [3.05, 3.63) is 76.8 Å². The molecule has 0 bridgehead atoms. The summed E-state index contributed by atoms with van der Waals surface area (Å²) in [4.78, 5) is 24.6. The summed E-state index contributed by atoms with van der Waals surface area (Å²) < 4.78 is 83.4. The third kappa shape index (κ3) is 6.96. The van der Waals surface area contributed by atoms with E-state index in [2.05, 4.69) is 5.32 Å². The molecule has 3 aromatic rings. The fraction of sp³-hybridized carbons (Fsp3) is 0.231. The Hall–Kier alpha value is -3.97. The molecule has 214 valence electrons. The first kappa shape index (κ1) is 30.6. The Morgan fingerprint density at radius 2 is 1.68 bits per heavy atom. The van der Waals surface area contributed by atoms with E-state index < -0.39 is 45.9 Å². The number of methoxy groups -OCH3 is 2. The van der Waals surface area contributed by atoms with Gasteiger partial charge in [-0.1, -0.05) is 17.7 Å². The number of carbonyl (C=O) groups is 2. The van der Waals surface area contributed by atoms with Crippen LogP contribution < -0.4 is 19.1 Å². The number of carbonyl (C=O) groups excluding carboxylic acids is 2. The van der Waals surface area contributed by atoms with Gasteiger partial charge in [-0.15, -0.1) is 0 Å². The number of amides is 1. The summed E-state index contributed by atoms with van der Waals surface area (Å²) in [5.41, 5.74) is -1.37. The van der Waals surface area contributed by atoms with Gasteiger partial charge in [-0.25, -0.2) is 13.2 Å². The van der Waals surface area contributed by atoms with Gasteiger partial charge >= 0.3 is 12.1 Å². The summed E-state index contributed by atoms with van der Waals surface area (Å²) >= 11 is 6.12. The fourth-order valence-electron chi connectivity index (χ4n) is 3.55. The van der Waals surface area contributed by atoms with Crippen LogP contribution in [0.5, 0.6) is 11.5 Å². The molecule has 3 aromatic carbocycles. The van der Waals surface area contributed by atoms with Crippen molar-refractivity contribution in [2.45, 2.75) is 18.0 Å². The standard InChI is InChI=1S/C26H24ClF3N2O7S/c1-4-39-25(34)20-10-8-17(13-21(20)27)31-24(33)15-32(18-7-5-6-16(12-18)26(28,29)30)40(35,36)19-9-11-22(37-2)23(14-19)38-3/h5-14H,4,15H2,1-3H3,(H,31,33). The number of benzene rings is 3. The van der Waals surface area contributed by atoms with Crippen molar-refractivity contribution >= 4 is 44.9 Å². The van der Waals surface area contributed by atoms with Gasteiger partial charge in [0.2, 0.25) is 5.91 Å². The van der Waals surface area contributed by atoms with Gasteiger partial charge in [-0.05, 0) is 55.5 Å². The fourth-order valence-corrected chi connectivity index (χ4v) is 5.24. The Balaban J connectivity index is 2.00. The smallest absolute Gasteiger partial charge is 0.416 e. The van der Waals surface area contributed by atoms with Crippen molar-refractivity contribution in [1.29, 1.82) is 0 Å². The third-order valence-corrected chi connectivity index (χ3v) is 7.52. The molecule has 0 unspecified atom stereocenters. The molecule has 14 heteroatoms. The summed E-state index contributed by atoms with van der Waals surface area (Å²) in [5, 5.41) is 2.40. The van der Waals surface area contributed by atoms with Gasteiger partial charge in [0.25, 0.3) is 10.0 Å². The second kappa shape index (κ2) is 12.5. The highest BCUT2D eigenvalue weighted by Crippen LogP contribution is 2.35. The molecule has 0 atom stereocenters. The molecule has 0 spiro atoms. The molecule has 0 aliphatic heterocycles. The van der Waals surface area contributed by atoms with Crippen LogP contribution in [0.2, 0.25) is 5.02 Å². The number of nitrogens with zero attached hydrogens (tertiary/aromatic N) is 1. The van der Waals surface area contributed by atoms with Crippen LogP contribution in [0.15, 0.2) is 65.6 Å². The Morgan fingerprint density at radius 3 is 2.27 bits per heavy atom. The zero-order chi connectivity index (χ0) is 29.7. The summed E-state index contributed by atoms with van der Waals surface area (Å²) in [6.07, 6.45) is -4.77. The number of alkyl halides is 3. The Morgan fingerprint density at radius 1 is 0.975 bits per heavy atom. The second-order valence-electron chi connectivity index (χ2n) is 8.04. The lowest BCUT2D eigenvalue weighted by Crippen LogP contribution is -2.38. The number of nitrogens with one attached hydrogen (secondary N) is 1. The van der Waals surface area contributed by atoms with E-state index in [0.717, 1.165) is 24.3 Å². The average Bonchev–Trinajstić information content (AvgIpc) is 2.91. The molecule has 0 aromatic heterocycles. The number of ether oxygens (including phenoxy) is 3. The number of anilines is 2.